The highest BCUT2D eigenvalue weighted by molar-refractivity contribution is 6.29. The molecule has 0 saturated heterocycles. The third kappa shape index (κ3) is 0.887. The predicted octanol–water partition coefficient (Wildman–Crippen LogP) is 1.20. The molecule has 4 nitrogen and oxygen atoms in total. The quantitative estimate of drug-likeness (QED) is 0.621. The lowest BCUT2D eigenvalue weighted by Crippen LogP contribution is -1.85. The fourth-order valence-electron chi connectivity index (χ4n) is 1.01. The van der Waals surface area contributed by atoms with Crippen LogP contribution in [-0.2, 0) is 0 Å². The molecule has 0 aliphatic heterocycles. The van der Waals surface area contributed by atoms with Crippen molar-refractivity contribution in [3.05, 3.63) is 29.6 Å². The number of carbonyl (C=O) groups excluding carboxylic acids is 1. The van der Waals surface area contributed by atoms with Crippen molar-refractivity contribution in [1.82, 2.24) is 14.4 Å². The van der Waals surface area contributed by atoms with E-state index in [1.54, 1.807) is 23.0 Å². The van der Waals surface area contributed by atoms with Gasteiger partial charge in [-0.15, -0.1) is 0 Å². The molecule has 12 heavy (non-hydrogen) atoms. The van der Waals surface area contributed by atoms with E-state index in [2.05, 4.69) is 9.97 Å². The molecule has 2 aromatic rings. The van der Waals surface area contributed by atoms with Crippen molar-refractivity contribution in [2.45, 2.75) is 0 Å². The largest absolute Gasteiger partial charge is 0.296 e. The maximum Gasteiger partial charge on any atom is 0.208 e. The van der Waals surface area contributed by atoms with E-state index in [9.17, 15) is 4.79 Å². The van der Waals surface area contributed by atoms with Crippen LogP contribution in [0.4, 0.5) is 0 Å². The predicted molar refractivity (Wildman–Crippen MR) is 43.4 cm³/mol. The first-order chi connectivity index (χ1) is 5.83. The monoisotopic (exact) mass is 181 g/mol. The van der Waals surface area contributed by atoms with Crippen LogP contribution in [0.1, 0.15) is 10.5 Å². The minimum absolute atomic E-state index is 0.273. The normalized spacial score (nSPS) is 10.4. The molecule has 0 amide bonds. The Morgan fingerprint density at radius 2 is 2.42 bits per heavy atom. The SMILES string of the molecule is O=Cc1nc(Cl)n2ccncc12. The second kappa shape index (κ2) is 2.57. The van der Waals surface area contributed by atoms with Gasteiger partial charge in [0.05, 0.1) is 11.7 Å². The number of aldehydes is 1. The first-order valence-electron chi connectivity index (χ1n) is 3.25. The Labute approximate surface area is 72.8 Å². The summed E-state index contributed by atoms with van der Waals surface area (Å²) >= 11 is 5.72. The molecule has 60 valence electrons. The van der Waals surface area contributed by atoms with Gasteiger partial charge in [0.2, 0.25) is 5.28 Å². The van der Waals surface area contributed by atoms with Gasteiger partial charge < -0.3 is 0 Å². The number of fused-ring (bicyclic) bond motifs is 1. The number of carbonyl (C=O) groups is 1. The van der Waals surface area contributed by atoms with E-state index in [-0.39, 0.29) is 5.28 Å². The smallest absolute Gasteiger partial charge is 0.208 e. The van der Waals surface area contributed by atoms with Crippen molar-refractivity contribution in [2.75, 3.05) is 0 Å². The molecule has 0 bridgehead atoms. The summed E-state index contributed by atoms with van der Waals surface area (Å²) in [6, 6.07) is 0. The van der Waals surface area contributed by atoms with Crippen LogP contribution in [0.15, 0.2) is 18.6 Å². The third-order valence-corrected chi connectivity index (χ3v) is 1.81. The molecule has 0 aromatic carbocycles. The lowest BCUT2D eigenvalue weighted by Gasteiger charge is -1.90. The summed E-state index contributed by atoms with van der Waals surface area (Å²) in [5.41, 5.74) is 0.936. The Morgan fingerprint density at radius 1 is 1.58 bits per heavy atom. The van der Waals surface area contributed by atoms with Gasteiger partial charge in [0, 0.05) is 12.4 Å². The highest BCUT2D eigenvalue weighted by atomic mass is 35.5. The number of hydrogen-bond acceptors (Lipinski definition) is 3. The van der Waals surface area contributed by atoms with Gasteiger partial charge in [-0.25, -0.2) is 4.98 Å². The van der Waals surface area contributed by atoms with Gasteiger partial charge in [-0.1, -0.05) is 0 Å². The van der Waals surface area contributed by atoms with Crippen LogP contribution < -0.4 is 0 Å². The summed E-state index contributed by atoms with van der Waals surface area (Å²) in [6.45, 7) is 0. The number of aromatic nitrogens is 3. The molecule has 5 heteroatoms. The fourth-order valence-corrected chi connectivity index (χ4v) is 1.25. The van der Waals surface area contributed by atoms with Crippen molar-refractivity contribution in [1.29, 1.82) is 0 Å². The lowest BCUT2D eigenvalue weighted by molar-refractivity contribution is 0.112. The highest BCUT2D eigenvalue weighted by Crippen LogP contribution is 2.13. The van der Waals surface area contributed by atoms with E-state index in [4.69, 9.17) is 11.6 Å². The molecule has 0 aliphatic carbocycles. The van der Waals surface area contributed by atoms with Gasteiger partial charge in [0.1, 0.15) is 5.69 Å². The topological polar surface area (TPSA) is 47.3 Å². The zero-order valence-corrected chi connectivity index (χ0v) is 6.69. The van der Waals surface area contributed by atoms with E-state index in [1.807, 2.05) is 0 Å². The van der Waals surface area contributed by atoms with Crippen molar-refractivity contribution < 1.29 is 4.79 Å². The zero-order chi connectivity index (χ0) is 8.55. The Hall–Kier alpha value is -1.42. The van der Waals surface area contributed by atoms with Gasteiger partial charge in [0.25, 0.3) is 0 Å². The Kier molecular flexibility index (Phi) is 1.55. The summed E-state index contributed by atoms with van der Waals surface area (Å²) in [7, 11) is 0. The van der Waals surface area contributed by atoms with Crippen molar-refractivity contribution in [2.24, 2.45) is 0 Å². The summed E-state index contributed by atoms with van der Waals surface area (Å²) in [4.78, 5) is 18.2. The summed E-state index contributed by atoms with van der Waals surface area (Å²) in [6.07, 6.45) is 5.43. The van der Waals surface area contributed by atoms with Crippen LogP contribution >= 0.6 is 11.6 Å². The molecule has 2 rings (SSSR count). The van der Waals surface area contributed by atoms with Gasteiger partial charge in [0.15, 0.2) is 6.29 Å². The Balaban J connectivity index is 2.91. The highest BCUT2D eigenvalue weighted by Gasteiger charge is 2.06. The van der Waals surface area contributed by atoms with Gasteiger partial charge in [-0.2, -0.15) is 0 Å². The van der Waals surface area contributed by atoms with Gasteiger partial charge in [-0.3, -0.25) is 14.2 Å². The van der Waals surface area contributed by atoms with Gasteiger partial charge >= 0.3 is 0 Å². The fraction of sp³-hybridized carbons (Fsp3) is 0. The second-order valence-electron chi connectivity index (χ2n) is 2.22. The van der Waals surface area contributed by atoms with Gasteiger partial charge in [-0.05, 0) is 11.6 Å². The molecular weight excluding hydrogens is 178 g/mol. The summed E-state index contributed by atoms with van der Waals surface area (Å²) in [5, 5.41) is 0.273. The molecule has 0 N–H and O–H groups in total. The van der Waals surface area contributed by atoms with E-state index in [0.717, 1.165) is 0 Å². The van der Waals surface area contributed by atoms with Crippen molar-refractivity contribution >= 4 is 23.4 Å². The average molecular weight is 182 g/mol. The molecule has 0 saturated carbocycles. The number of imidazole rings is 1. The van der Waals surface area contributed by atoms with E-state index < -0.39 is 0 Å². The van der Waals surface area contributed by atoms with Crippen molar-refractivity contribution in [3.8, 4) is 0 Å². The zero-order valence-electron chi connectivity index (χ0n) is 5.94. The maximum atomic E-state index is 10.5. The first-order valence-corrected chi connectivity index (χ1v) is 3.63. The molecule has 0 atom stereocenters. The Bertz CT molecular complexity index is 437. The van der Waals surface area contributed by atoms with Crippen molar-refractivity contribution in [3.63, 3.8) is 0 Å². The lowest BCUT2D eigenvalue weighted by atomic mass is 10.4. The van der Waals surface area contributed by atoms with E-state index >= 15 is 0 Å². The number of rotatable bonds is 1. The van der Waals surface area contributed by atoms with Crippen LogP contribution in [0.5, 0.6) is 0 Å². The van der Waals surface area contributed by atoms with E-state index in [0.29, 0.717) is 17.5 Å². The Morgan fingerprint density at radius 3 is 3.17 bits per heavy atom. The molecule has 0 fully saturated rings. The molecular formula is C7H4ClN3O. The standard InChI is InChI=1S/C7H4ClN3O/c8-7-10-5(4-12)6-3-9-1-2-11(6)7/h1-4H. The molecule has 0 aliphatic rings. The molecule has 0 unspecified atom stereocenters. The minimum Gasteiger partial charge on any atom is -0.296 e. The minimum atomic E-state index is 0.273. The van der Waals surface area contributed by atoms with E-state index in [1.165, 1.54) is 0 Å². The van der Waals surface area contributed by atoms with Crippen LogP contribution in [-0.4, -0.2) is 20.7 Å². The molecule has 0 spiro atoms. The first kappa shape index (κ1) is 7.24. The average Bonchev–Trinajstić information content (AvgIpc) is 2.44. The van der Waals surface area contributed by atoms with Crippen LogP contribution in [0.25, 0.3) is 5.52 Å². The van der Waals surface area contributed by atoms with Crippen LogP contribution in [0.3, 0.4) is 0 Å². The summed E-state index contributed by atoms with van der Waals surface area (Å²) in [5.74, 6) is 0. The number of nitrogens with zero attached hydrogens (tertiary/aromatic N) is 3. The molecule has 2 aromatic heterocycles. The maximum absolute atomic E-state index is 10.5. The van der Waals surface area contributed by atoms with Crippen LogP contribution in [0.2, 0.25) is 5.28 Å². The van der Waals surface area contributed by atoms with Crippen LogP contribution in [0, 0.1) is 0 Å². The molecule has 2 heterocycles. The number of hydrogen-bond donors (Lipinski definition) is 0. The molecule has 0 radical (unpaired) electrons. The number of halogens is 1. The third-order valence-electron chi connectivity index (χ3n) is 1.54. The second-order valence-corrected chi connectivity index (χ2v) is 2.55. The summed E-state index contributed by atoms with van der Waals surface area (Å²) < 4.78 is 1.60.